The van der Waals surface area contributed by atoms with Gasteiger partial charge in [-0.3, -0.25) is 15.1 Å². The highest BCUT2D eigenvalue weighted by atomic mass is 32.2. The molecule has 1 heterocycles. The van der Waals surface area contributed by atoms with Crippen LogP contribution in [0.1, 0.15) is 40.5 Å². The Morgan fingerprint density at radius 2 is 2.10 bits per heavy atom. The summed E-state index contributed by atoms with van der Waals surface area (Å²) in [6.45, 7) is 8.28. The van der Waals surface area contributed by atoms with E-state index in [1.54, 1.807) is 24.2 Å². The summed E-state index contributed by atoms with van der Waals surface area (Å²) in [5.41, 5.74) is -0.608. The molecule has 4 nitrogen and oxygen atoms in total. The summed E-state index contributed by atoms with van der Waals surface area (Å²) in [5, 5.41) is 3.35. The van der Waals surface area contributed by atoms with Crippen LogP contribution in [0.4, 0.5) is 0 Å². The zero-order valence-electron chi connectivity index (χ0n) is 13.4. The minimum atomic E-state index is -0.608. The molecule has 1 rings (SSSR count). The minimum absolute atomic E-state index is 0.160. The molecule has 0 spiro atoms. The maximum atomic E-state index is 12.2. The van der Waals surface area contributed by atoms with Crippen molar-refractivity contribution in [2.45, 2.75) is 57.0 Å². The summed E-state index contributed by atoms with van der Waals surface area (Å²) in [4.78, 5) is 17.4. The Bertz CT molecular complexity index is 426. The quantitative estimate of drug-likeness (QED) is 0.431. The first-order valence-electron chi connectivity index (χ1n) is 7.45. The molecule has 0 radical (unpaired) electrons. The first-order valence-corrected chi connectivity index (χ1v) is 8.44. The van der Waals surface area contributed by atoms with Crippen molar-refractivity contribution in [3.8, 4) is 0 Å². The SMILES string of the molecule is CCOC(=O)C(C)(CCCSc1ccncc1)NC(C)C. The van der Waals surface area contributed by atoms with Gasteiger partial charge in [0.15, 0.2) is 0 Å². The number of ether oxygens (including phenoxy) is 1. The van der Waals surface area contributed by atoms with Crippen LogP contribution in [0.3, 0.4) is 0 Å². The van der Waals surface area contributed by atoms with Crippen LogP contribution >= 0.6 is 11.8 Å². The maximum absolute atomic E-state index is 12.2. The molecule has 0 aromatic carbocycles. The lowest BCUT2D eigenvalue weighted by Crippen LogP contribution is -2.53. The van der Waals surface area contributed by atoms with Crippen LogP contribution in [0, 0.1) is 0 Å². The largest absolute Gasteiger partial charge is 0.465 e. The van der Waals surface area contributed by atoms with E-state index in [1.165, 1.54) is 4.90 Å². The molecule has 0 amide bonds. The van der Waals surface area contributed by atoms with E-state index in [4.69, 9.17) is 4.74 Å². The van der Waals surface area contributed by atoms with Crippen molar-refractivity contribution in [1.82, 2.24) is 10.3 Å². The molecule has 1 aromatic heterocycles. The van der Waals surface area contributed by atoms with Crippen LogP contribution in [0.25, 0.3) is 0 Å². The third-order valence-corrected chi connectivity index (χ3v) is 4.17. The molecule has 0 fully saturated rings. The van der Waals surface area contributed by atoms with Gasteiger partial charge < -0.3 is 4.74 Å². The molecular weight excluding hydrogens is 284 g/mol. The van der Waals surface area contributed by atoms with E-state index >= 15 is 0 Å². The normalized spacial score (nSPS) is 14.0. The fraction of sp³-hybridized carbons (Fsp3) is 0.625. The molecule has 0 bridgehead atoms. The number of hydrogen-bond donors (Lipinski definition) is 1. The monoisotopic (exact) mass is 310 g/mol. The zero-order chi connectivity index (χ0) is 15.7. The number of carbonyl (C=O) groups is 1. The molecule has 21 heavy (non-hydrogen) atoms. The van der Waals surface area contributed by atoms with Gasteiger partial charge in [0.25, 0.3) is 0 Å². The fourth-order valence-corrected chi connectivity index (χ4v) is 3.05. The van der Waals surface area contributed by atoms with Gasteiger partial charge in [-0.1, -0.05) is 0 Å². The standard InChI is InChI=1S/C16H26N2O2S/c1-5-20-15(19)16(4,18-13(2)3)9-6-12-21-14-7-10-17-11-8-14/h7-8,10-11,13,18H,5-6,9,12H2,1-4H3. The van der Waals surface area contributed by atoms with E-state index in [0.29, 0.717) is 6.61 Å². The van der Waals surface area contributed by atoms with Crippen molar-refractivity contribution in [2.75, 3.05) is 12.4 Å². The molecule has 0 aliphatic heterocycles. The molecule has 0 saturated carbocycles. The highest BCUT2D eigenvalue weighted by Gasteiger charge is 2.34. The van der Waals surface area contributed by atoms with Gasteiger partial charge in [0, 0.05) is 23.3 Å². The second kappa shape index (κ2) is 9.05. The number of thioether (sulfide) groups is 1. The Morgan fingerprint density at radius 3 is 2.67 bits per heavy atom. The highest BCUT2D eigenvalue weighted by molar-refractivity contribution is 7.99. The molecule has 1 N–H and O–H groups in total. The first kappa shape index (κ1) is 18.0. The number of carbonyl (C=O) groups excluding carboxylic acids is 1. The number of nitrogens with one attached hydrogen (secondary N) is 1. The second-order valence-corrected chi connectivity index (χ2v) is 6.65. The lowest BCUT2D eigenvalue weighted by Gasteiger charge is -2.30. The molecule has 1 aromatic rings. The predicted octanol–water partition coefficient (Wildman–Crippen LogP) is 3.27. The van der Waals surface area contributed by atoms with Crippen LogP contribution in [0.2, 0.25) is 0 Å². The summed E-state index contributed by atoms with van der Waals surface area (Å²) < 4.78 is 5.21. The second-order valence-electron chi connectivity index (χ2n) is 5.49. The van der Waals surface area contributed by atoms with E-state index in [0.717, 1.165) is 18.6 Å². The Morgan fingerprint density at radius 1 is 1.43 bits per heavy atom. The molecule has 118 valence electrons. The molecule has 0 aliphatic carbocycles. The van der Waals surface area contributed by atoms with E-state index in [-0.39, 0.29) is 12.0 Å². The number of aromatic nitrogens is 1. The molecule has 1 unspecified atom stereocenters. The van der Waals surface area contributed by atoms with Crippen molar-refractivity contribution in [3.05, 3.63) is 24.5 Å². The van der Waals surface area contributed by atoms with Gasteiger partial charge in [-0.2, -0.15) is 0 Å². The van der Waals surface area contributed by atoms with Crippen molar-refractivity contribution < 1.29 is 9.53 Å². The minimum Gasteiger partial charge on any atom is -0.465 e. The van der Waals surface area contributed by atoms with Gasteiger partial charge in [-0.15, -0.1) is 11.8 Å². The van der Waals surface area contributed by atoms with Crippen LogP contribution in [-0.4, -0.2) is 34.9 Å². The van der Waals surface area contributed by atoms with Crippen LogP contribution < -0.4 is 5.32 Å². The molecule has 0 saturated heterocycles. The van der Waals surface area contributed by atoms with Crippen molar-refractivity contribution in [2.24, 2.45) is 0 Å². The topological polar surface area (TPSA) is 51.2 Å². The van der Waals surface area contributed by atoms with Gasteiger partial charge in [-0.05, 0) is 58.4 Å². The van der Waals surface area contributed by atoms with Crippen molar-refractivity contribution in [3.63, 3.8) is 0 Å². The Balaban J connectivity index is 2.47. The van der Waals surface area contributed by atoms with Crippen LogP contribution in [-0.2, 0) is 9.53 Å². The zero-order valence-corrected chi connectivity index (χ0v) is 14.2. The summed E-state index contributed by atoms with van der Waals surface area (Å²) in [5.74, 6) is 0.811. The Labute approximate surface area is 132 Å². The van der Waals surface area contributed by atoms with E-state index in [2.05, 4.69) is 10.3 Å². The van der Waals surface area contributed by atoms with E-state index in [1.807, 2.05) is 39.8 Å². The average molecular weight is 310 g/mol. The van der Waals surface area contributed by atoms with Crippen LogP contribution in [0.5, 0.6) is 0 Å². The number of esters is 1. The summed E-state index contributed by atoms with van der Waals surface area (Å²) in [6, 6.07) is 4.25. The lowest BCUT2D eigenvalue weighted by atomic mass is 9.95. The molecule has 1 atom stereocenters. The lowest BCUT2D eigenvalue weighted by molar-refractivity contribution is -0.151. The maximum Gasteiger partial charge on any atom is 0.326 e. The van der Waals surface area contributed by atoms with Crippen molar-refractivity contribution in [1.29, 1.82) is 0 Å². The number of nitrogens with zero attached hydrogens (tertiary/aromatic N) is 1. The summed E-state index contributed by atoms with van der Waals surface area (Å²) >= 11 is 1.79. The smallest absolute Gasteiger partial charge is 0.326 e. The molecule has 5 heteroatoms. The number of hydrogen-bond acceptors (Lipinski definition) is 5. The first-order chi connectivity index (χ1) is 9.98. The van der Waals surface area contributed by atoms with E-state index < -0.39 is 5.54 Å². The fourth-order valence-electron chi connectivity index (χ4n) is 2.21. The van der Waals surface area contributed by atoms with Gasteiger partial charge in [0.05, 0.1) is 6.61 Å². The summed E-state index contributed by atoms with van der Waals surface area (Å²) in [7, 11) is 0. The van der Waals surface area contributed by atoms with Gasteiger partial charge >= 0.3 is 5.97 Å². The van der Waals surface area contributed by atoms with Gasteiger partial charge in [0.1, 0.15) is 5.54 Å². The molecule has 0 aliphatic rings. The number of rotatable bonds is 9. The van der Waals surface area contributed by atoms with Crippen molar-refractivity contribution >= 4 is 17.7 Å². The van der Waals surface area contributed by atoms with Gasteiger partial charge in [-0.25, -0.2) is 0 Å². The molecular formula is C16H26N2O2S. The Kier molecular flexibility index (Phi) is 7.75. The average Bonchev–Trinajstić information content (AvgIpc) is 2.44. The third kappa shape index (κ3) is 6.48. The predicted molar refractivity (Wildman–Crippen MR) is 87.5 cm³/mol. The number of pyridine rings is 1. The highest BCUT2D eigenvalue weighted by Crippen LogP contribution is 2.22. The summed E-state index contributed by atoms with van der Waals surface area (Å²) in [6.07, 6.45) is 5.31. The van der Waals surface area contributed by atoms with E-state index in [9.17, 15) is 4.79 Å². The third-order valence-electron chi connectivity index (χ3n) is 3.07. The van der Waals surface area contributed by atoms with Gasteiger partial charge in [0.2, 0.25) is 0 Å². The van der Waals surface area contributed by atoms with Crippen LogP contribution in [0.15, 0.2) is 29.4 Å². The Hall–Kier alpha value is -1.07.